The van der Waals surface area contributed by atoms with Gasteiger partial charge < -0.3 is 9.30 Å². The zero-order valence-corrected chi connectivity index (χ0v) is 17.1. The maximum Gasteiger partial charge on any atom is 0.431 e. The molecule has 0 aromatic carbocycles. The van der Waals surface area contributed by atoms with E-state index in [1.54, 1.807) is 6.92 Å². The summed E-state index contributed by atoms with van der Waals surface area (Å²) in [5, 5.41) is 0. The van der Waals surface area contributed by atoms with E-state index in [4.69, 9.17) is 4.74 Å². The van der Waals surface area contributed by atoms with Gasteiger partial charge in [-0.2, -0.15) is 13.2 Å². The summed E-state index contributed by atoms with van der Waals surface area (Å²) in [6, 6.07) is 1.67. The molecular weight excluding hydrogens is 371 g/mol. The van der Waals surface area contributed by atoms with Crippen molar-refractivity contribution in [2.75, 3.05) is 0 Å². The number of nitrogens with zero attached hydrogens (tertiary/aromatic N) is 1. The molecule has 0 N–H and O–H groups in total. The number of rotatable bonds is 6. The molecule has 7 heteroatoms. The lowest BCUT2D eigenvalue weighted by Crippen LogP contribution is -2.32. The number of hydrogen-bond donors (Lipinski definition) is 0. The Kier molecular flexibility index (Phi) is 9.14. The van der Waals surface area contributed by atoms with Crippen molar-refractivity contribution in [2.24, 2.45) is 0 Å². The molecule has 2 rings (SSSR count). The smallest absolute Gasteiger partial charge is 0.375 e. The minimum absolute atomic E-state index is 0.0923. The van der Waals surface area contributed by atoms with Crippen LogP contribution in [0.5, 0.6) is 0 Å². The Morgan fingerprint density at radius 3 is 2.07 bits per heavy atom. The molecule has 0 radical (unpaired) electrons. The molecule has 28 heavy (non-hydrogen) atoms. The lowest BCUT2D eigenvalue weighted by Gasteiger charge is -2.15. The van der Waals surface area contributed by atoms with Crippen molar-refractivity contribution in [3.05, 3.63) is 45.9 Å². The number of ether oxygens (including phenoxy) is 1. The topological polar surface area (TPSA) is 48.3 Å². The van der Waals surface area contributed by atoms with E-state index in [2.05, 4.69) is 20.4 Å². The van der Waals surface area contributed by atoms with Gasteiger partial charge in [-0.05, 0) is 56.7 Å². The Bertz CT molecular complexity index is 727. The zero-order chi connectivity index (χ0) is 21.5. The molecule has 2 atom stereocenters. The number of alkyl halides is 3. The molecular formula is C21H30F3NO3. The van der Waals surface area contributed by atoms with E-state index in [1.165, 1.54) is 32.6 Å². The van der Waals surface area contributed by atoms with Crippen LogP contribution in [0.2, 0.25) is 0 Å². The van der Waals surface area contributed by atoms with Crippen LogP contribution >= 0.6 is 0 Å². The molecule has 4 nitrogen and oxygen atoms in total. The van der Waals surface area contributed by atoms with Crippen LogP contribution in [0.3, 0.4) is 0 Å². The Hall–Kier alpha value is -1.89. The molecule has 0 spiro atoms. The first-order valence-electron chi connectivity index (χ1n) is 9.73. The monoisotopic (exact) mass is 401 g/mol. The third kappa shape index (κ3) is 6.33. The van der Waals surface area contributed by atoms with Crippen LogP contribution in [0, 0.1) is 0 Å². The molecule has 1 fully saturated rings. The standard InChI is InChI=1S/C13H14F3NO2.C8H16O/c1-4-7-17-10(13(14,15)16)6-5-9(12(17)19)11(18)8(2)3;1-3-7-5-6-8(4-2)9-7/h5-6H,2,4,7H2,1,3H3;7-8H,3-6H2,1-2H3. The summed E-state index contributed by atoms with van der Waals surface area (Å²) < 4.78 is 44.6. The number of Topliss-reactive ketones (excluding diaryl/α,β-unsaturated/α-hetero) is 1. The van der Waals surface area contributed by atoms with Crippen LogP contribution in [-0.2, 0) is 17.5 Å². The van der Waals surface area contributed by atoms with Crippen LogP contribution in [0.1, 0.15) is 75.9 Å². The molecule has 2 heterocycles. The second-order valence-electron chi connectivity index (χ2n) is 6.97. The fourth-order valence-corrected chi connectivity index (χ4v) is 3.05. The third-order valence-electron chi connectivity index (χ3n) is 4.65. The number of halogens is 3. The molecule has 0 amide bonds. The normalized spacial score (nSPS) is 19.1. The second-order valence-corrected chi connectivity index (χ2v) is 6.97. The number of carbonyl (C=O) groups excluding carboxylic acids is 1. The first-order chi connectivity index (χ1) is 13.1. The number of hydrogen-bond acceptors (Lipinski definition) is 3. The van der Waals surface area contributed by atoms with Gasteiger partial charge in [0.25, 0.3) is 5.56 Å². The molecule has 158 valence electrons. The van der Waals surface area contributed by atoms with E-state index >= 15 is 0 Å². The lowest BCUT2D eigenvalue weighted by molar-refractivity contribution is -0.144. The summed E-state index contributed by atoms with van der Waals surface area (Å²) in [4.78, 5) is 23.7. The highest BCUT2D eigenvalue weighted by Gasteiger charge is 2.35. The molecule has 1 aliphatic heterocycles. The maximum atomic E-state index is 12.8. The van der Waals surface area contributed by atoms with Gasteiger partial charge in [0.05, 0.1) is 17.8 Å². The van der Waals surface area contributed by atoms with Crippen molar-refractivity contribution < 1.29 is 22.7 Å². The van der Waals surface area contributed by atoms with Gasteiger partial charge in [-0.3, -0.25) is 9.59 Å². The van der Waals surface area contributed by atoms with E-state index in [0.29, 0.717) is 23.2 Å². The van der Waals surface area contributed by atoms with Crippen LogP contribution in [0.25, 0.3) is 0 Å². The Morgan fingerprint density at radius 1 is 1.18 bits per heavy atom. The molecule has 1 saturated heterocycles. The van der Waals surface area contributed by atoms with Crippen molar-refractivity contribution >= 4 is 5.78 Å². The van der Waals surface area contributed by atoms with Crippen molar-refractivity contribution in [2.45, 2.75) is 84.7 Å². The molecule has 0 aliphatic carbocycles. The molecule has 0 saturated carbocycles. The van der Waals surface area contributed by atoms with Gasteiger partial charge in [-0.25, -0.2) is 0 Å². The van der Waals surface area contributed by atoms with Crippen molar-refractivity contribution in [1.82, 2.24) is 4.57 Å². The first kappa shape index (κ1) is 24.1. The maximum absolute atomic E-state index is 12.8. The van der Waals surface area contributed by atoms with E-state index in [-0.39, 0.29) is 17.7 Å². The lowest BCUT2D eigenvalue weighted by atomic mass is 10.1. The number of pyridine rings is 1. The van der Waals surface area contributed by atoms with E-state index in [0.717, 1.165) is 12.1 Å². The van der Waals surface area contributed by atoms with Crippen molar-refractivity contribution in [1.29, 1.82) is 0 Å². The number of allylic oxidation sites excluding steroid dienone is 1. The van der Waals surface area contributed by atoms with E-state index < -0.39 is 23.2 Å². The number of ketones is 1. The summed E-state index contributed by atoms with van der Waals surface area (Å²) in [6.07, 6.45) is 1.84. The fraction of sp³-hybridized carbons (Fsp3) is 0.619. The average Bonchev–Trinajstić information content (AvgIpc) is 3.10. The molecule has 1 aromatic rings. The minimum atomic E-state index is -4.63. The summed E-state index contributed by atoms with van der Waals surface area (Å²) in [5.41, 5.74) is -2.14. The Labute approximate surface area is 164 Å². The Morgan fingerprint density at radius 2 is 1.71 bits per heavy atom. The minimum Gasteiger partial charge on any atom is -0.375 e. The van der Waals surface area contributed by atoms with Gasteiger partial charge in [0.2, 0.25) is 0 Å². The van der Waals surface area contributed by atoms with E-state index in [1.807, 2.05) is 0 Å². The van der Waals surface area contributed by atoms with Gasteiger partial charge in [0.1, 0.15) is 5.69 Å². The van der Waals surface area contributed by atoms with Gasteiger partial charge in [0, 0.05) is 6.54 Å². The summed E-state index contributed by atoms with van der Waals surface area (Å²) in [5.74, 6) is -0.636. The first-order valence-corrected chi connectivity index (χ1v) is 9.73. The Balaban J connectivity index is 0.000000362. The highest BCUT2D eigenvalue weighted by molar-refractivity contribution is 6.07. The van der Waals surface area contributed by atoms with Gasteiger partial charge in [-0.1, -0.05) is 27.4 Å². The van der Waals surface area contributed by atoms with Crippen LogP contribution in [0.15, 0.2) is 29.1 Å². The number of aromatic nitrogens is 1. The average molecular weight is 401 g/mol. The van der Waals surface area contributed by atoms with Crippen LogP contribution in [-0.4, -0.2) is 22.6 Å². The quantitative estimate of drug-likeness (QED) is 0.474. The summed E-state index contributed by atoms with van der Waals surface area (Å²) in [6.45, 7) is 10.8. The van der Waals surface area contributed by atoms with Crippen LogP contribution in [0.4, 0.5) is 13.2 Å². The molecule has 0 bridgehead atoms. The summed E-state index contributed by atoms with van der Waals surface area (Å²) >= 11 is 0. The highest BCUT2D eigenvalue weighted by Crippen LogP contribution is 2.28. The van der Waals surface area contributed by atoms with Crippen molar-refractivity contribution in [3.8, 4) is 0 Å². The fourth-order valence-electron chi connectivity index (χ4n) is 3.05. The number of carbonyl (C=O) groups is 1. The molecule has 1 aromatic heterocycles. The summed E-state index contributed by atoms with van der Waals surface area (Å²) in [7, 11) is 0. The van der Waals surface area contributed by atoms with E-state index in [9.17, 15) is 22.8 Å². The third-order valence-corrected chi connectivity index (χ3v) is 4.65. The largest absolute Gasteiger partial charge is 0.431 e. The second kappa shape index (κ2) is 10.6. The predicted octanol–water partition coefficient (Wildman–Crippen LogP) is 5.39. The van der Waals surface area contributed by atoms with Gasteiger partial charge in [0.15, 0.2) is 5.78 Å². The highest BCUT2D eigenvalue weighted by atomic mass is 19.4. The molecule has 2 unspecified atom stereocenters. The predicted molar refractivity (Wildman–Crippen MR) is 104 cm³/mol. The van der Waals surface area contributed by atoms with Crippen molar-refractivity contribution in [3.63, 3.8) is 0 Å². The van der Waals surface area contributed by atoms with Gasteiger partial charge in [-0.15, -0.1) is 0 Å². The van der Waals surface area contributed by atoms with Gasteiger partial charge >= 0.3 is 6.18 Å². The SMILES string of the molecule is C=C(C)C(=O)c1ccc(C(F)(F)F)n(CCC)c1=O.CCC1CCC(CC)O1. The zero-order valence-electron chi connectivity index (χ0n) is 17.1. The van der Waals surface area contributed by atoms with Crippen LogP contribution < -0.4 is 5.56 Å². The molecule has 1 aliphatic rings.